The van der Waals surface area contributed by atoms with Gasteiger partial charge in [-0.2, -0.15) is 0 Å². The van der Waals surface area contributed by atoms with Crippen LogP contribution >= 0.6 is 27.3 Å². The SMILES string of the molecule is Cc1ccc(Br)c(NCc2csc([N+](=O)[O-])c2)c1. The molecule has 0 unspecified atom stereocenters. The first-order valence-corrected chi connectivity index (χ1v) is 6.95. The van der Waals surface area contributed by atoms with Crippen molar-refractivity contribution in [3.8, 4) is 0 Å². The highest BCUT2D eigenvalue weighted by Crippen LogP contribution is 2.26. The first-order chi connectivity index (χ1) is 8.56. The number of halogens is 1. The highest BCUT2D eigenvalue weighted by atomic mass is 79.9. The number of hydrogen-bond donors (Lipinski definition) is 1. The van der Waals surface area contributed by atoms with Crippen LogP contribution < -0.4 is 5.32 Å². The monoisotopic (exact) mass is 326 g/mol. The fourth-order valence-corrected chi connectivity index (χ4v) is 2.64. The lowest BCUT2D eigenvalue weighted by Crippen LogP contribution is -1.99. The fraction of sp³-hybridized carbons (Fsp3) is 0.167. The Morgan fingerprint density at radius 2 is 2.22 bits per heavy atom. The van der Waals surface area contributed by atoms with E-state index in [0.29, 0.717) is 6.54 Å². The summed E-state index contributed by atoms with van der Waals surface area (Å²) in [5.41, 5.74) is 3.07. The highest BCUT2D eigenvalue weighted by molar-refractivity contribution is 9.10. The average Bonchev–Trinajstić information content (AvgIpc) is 2.79. The number of anilines is 1. The predicted molar refractivity (Wildman–Crippen MR) is 77.2 cm³/mol. The third kappa shape index (κ3) is 3.08. The van der Waals surface area contributed by atoms with Crippen molar-refractivity contribution >= 4 is 38.0 Å². The van der Waals surface area contributed by atoms with Gasteiger partial charge in [-0.15, -0.1) is 0 Å². The number of aryl methyl sites for hydroxylation is 1. The number of hydrogen-bond acceptors (Lipinski definition) is 4. The minimum absolute atomic E-state index is 0.176. The Morgan fingerprint density at radius 3 is 2.89 bits per heavy atom. The third-order valence-corrected chi connectivity index (χ3v) is 4.05. The molecular formula is C12H11BrN2O2S. The lowest BCUT2D eigenvalue weighted by Gasteiger charge is -2.08. The zero-order valence-corrected chi connectivity index (χ0v) is 12.0. The van der Waals surface area contributed by atoms with Gasteiger partial charge in [0.2, 0.25) is 0 Å². The van der Waals surface area contributed by atoms with Crippen LogP contribution in [-0.4, -0.2) is 4.92 Å². The molecular weight excluding hydrogens is 316 g/mol. The molecule has 2 rings (SSSR count). The topological polar surface area (TPSA) is 55.2 Å². The fourth-order valence-electron chi connectivity index (χ4n) is 1.52. The summed E-state index contributed by atoms with van der Waals surface area (Å²) in [6.07, 6.45) is 0. The second-order valence-electron chi connectivity index (χ2n) is 3.89. The molecule has 2 aromatic rings. The summed E-state index contributed by atoms with van der Waals surface area (Å²) in [7, 11) is 0. The summed E-state index contributed by atoms with van der Waals surface area (Å²) in [5.74, 6) is 0. The first kappa shape index (κ1) is 13.0. The molecule has 0 aliphatic rings. The van der Waals surface area contributed by atoms with Gasteiger partial charge in [-0.05, 0) is 46.1 Å². The van der Waals surface area contributed by atoms with Crippen LogP contribution in [0.5, 0.6) is 0 Å². The van der Waals surface area contributed by atoms with Crippen LogP contribution in [0.2, 0.25) is 0 Å². The van der Waals surface area contributed by atoms with Crippen molar-refractivity contribution in [2.75, 3.05) is 5.32 Å². The van der Waals surface area contributed by atoms with Gasteiger partial charge in [0.25, 0.3) is 0 Å². The van der Waals surface area contributed by atoms with Crippen molar-refractivity contribution in [1.29, 1.82) is 0 Å². The lowest BCUT2D eigenvalue weighted by molar-refractivity contribution is -0.380. The maximum atomic E-state index is 10.6. The van der Waals surface area contributed by atoms with Crippen molar-refractivity contribution in [2.24, 2.45) is 0 Å². The van der Waals surface area contributed by atoms with E-state index in [4.69, 9.17) is 0 Å². The quantitative estimate of drug-likeness (QED) is 0.671. The van der Waals surface area contributed by atoms with Crippen molar-refractivity contribution in [3.63, 3.8) is 0 Å². The number of nitrogens with zero attached hydrogens (tertiary/aromatic N) is 1. The summed E-state index contributed by atoms with van der Waals surface area (Å²) in [5, 5.41) is 15.8. The van der Waals surface area contributed by atoms with E-state index in [9.17, 15) is 10.1 Å². The lowest BCUT2D eigenvalue weighted by atomic mass is 10.2. The molecule has 1 aromatic carbocycles. The molecule has 6 heteroatoms. The van der Waals surface area contributed by atoms with Crippen molar-refractivity contribution in [2.45, 2.75) is 13.5 Å². The van der Waals surface area contributed by atoms with E-state index in [-0.39, 0.29) is 9.92 Å². The molecule has 0 atom stereocenters. The van der Waals surface area contributed by atoms with E-state index in [0.717, 1.165) is 32.6 Å². The molecule has 0 aliphatic carbocycles. The standard InChI is InChI=1S/C12H11BrN2O2S/c1-8-2-3-10(13)11(4-8)14-6-9-5-12(15(16)17)18-7-9/h2-5,7,14H,6H2,1H3. The van der Waals surface area contributed by atoms with Gasteiger partial charge >= 0.3 is 5.00 Å². The number of nitro groups is 1. The third-order valence-electron chi connectivity index (χ3n) is 2.42. The smallest absolute Gasteiger partial charge is 0.324 e. The Morgan fingerprint density at radius 1 is 1.44 bits per heavy atom. The average molecular weight is 327 g/mol. The number of rotatable bonds is 4. The number of benzene rings is 1. The first-order valence-electron chi connectivity index (χ1n) is 5.28. The Balaban J connectivity index is 2.06. The molecule has 1 heterocycles. The summed E-state index contributed by atoms with van der Waals surface area (Å²) in [6, 6.07) is 7.63. The molecule has 0 spiro atoms. The summed E-state index contributed by atoms with van der Waals surface area (Å²) in [6.45, 7) is 2.60. The minimum Gasteiger partial charge on any atom is -0.380 e. The van der Waals surface area contributed by atoms with Gasteiger partial charge in [0.1, 0.15) is 0 Å². The van der Waals surface area contributed by atoms with Crippen LogP contribution in [-0.2, 0) is 6.54 Å². The molecule has 0 bridgehead atoms. The van der Waals surface area contributed by atoms with Gasteiger partial charge in [-0.3, -0.25) is 10.1 Å². The summed E-state index contributed by atoms with van der Waals surface area (Å²) >= 11 is 4.61. The minimum atomic E-state index is -0.364. The van der Waals surface area contributed by atoms with Crippen LogP contribution in [0.4, 0.5) is 10.7 Å². The second kappa shape index (κ2) is 5.49. The molecule has 0 fully saturated rings. The van der Waals surface area contributed by atoms with Crippen LogP contribution in [0.15, 0.2) is 34.1 Å². The number of thiophene rings is 1. The van der Waals surface area contributed by atoms with Crippen molar-refractivity contribution in [3.05, 3.63) is 55.4 Å². The van der Waals surface area contributed by atoms with E-state index >= 15 is 0 Å². The zero-order valence-electron chi connectivity index (χ0n) is 9.64. The molecule has 0 aliphatic heterocycles. The summed E-state index contributed by atoms with van der Waals surface area (Å²) < 4.78 is 0.984. The maximum absolute atomic E-state index is 10.6. The van der Waals surface area contributed by atoms with Gasteiger partial charge in [-0.25, -0.2) is 0 Å². The molecule has 0 saturated carbocycles. The summed E-state index contributed by atoms with van der Waals surface area (Å²) in [4.78, 5) is 10.2. The van der Waals surface area contributed by atoms with E-state index in [1.807, 2.05) is 25.1 Å². The Kier molecular flexibility index (Phi) is 3.98. The van der Waals surface area contributed by atoms with Crippen LogP contribution in [0, 0.1) is 17.0 Å². The van der Waals surface area contributed by atoms with Gasteiger partial charge < -0.3 is 5.32 Å². The Bertz CT molecular complexity index is 583. The van der Waals surface area contributed by atoms with E-state index < -0.39 is 0 Å². The Labute approximate surface area is 117 Å². The van der Waals surface area contributed by atoms with Crippen LogP contribution in [0.1, 0.15) is 11.1 Å². The van der Waals surface area contributed by atoms with Crippen LogP contribution in [0.25, 0.3) is 0 Å². The maximum Gasteiger partial charge on any atom is 0.324 e. The number of nitrogens with one attached hydrogen (secondary N) is 1. The van der Waals surface area contributed by atoms with E-state index in [1.165, 1.54) is 0 Å². The predicted octanol–water partition coefficient (Wildman–Crippen LogP) is 4.34. The largest absolute Gasteiger partial charge is 0.380 e. The Hall–Kier alpha value is -1.40. The van der Waals surface area contributed by atoms with Crippen molar-refractivity contribution < 1.29 is 4.92 Å². The molecule has 0 radical (unpaired) electrons. The molecule has 1 aromatic heterocycles. The van der Waals surface area contributed by atoms with E-state index in [1.54, 1.807) is 11.4 Å². The second-order valence-corrected chi connectivity index (χ2v) is 5.63. The normalized spacial score (nSPS) is 10.3. The van der Waals surface area contributed by atoms with Gasteiger partial charge in [0.15, 0.2) is 0 Å². The van der Waals surface area contributed by atoms with Crippen molar-refractivity contribution in [1.82, 2.24) is 0 Å². The molecule has 0 amide bonds. The molecule has 4 nitrogen and oxygen atoms in total. The van der Waals surface area contributed by atoms with Gasteiger partial charge in [0, 0.05) is 28.2 Å². The zero-order chi connectivity index (χ0) is 13.1. The highest BCUT2D eigenvalue weighted by Gasteiger charge is 2.09. The van der Waals surface area contributed by atoms with Gasteiger partial charge in [-0.1, -0.05) is 17.4 Å². The van der Waals surface area contributed by atoms with Gasteiger partial charge in [0.05, 0.1) is 4.92 Å². The molecule has 94 valence electrons. The molecule has 18 heavy (non-hydrogen) atoms. The van der Waals surface area contributed by atoms with E-state index in [2.05, 4.69) is 21.2 Å². The molecule has 0 saturated heterocycles. The van der Waals surface area contributed by atoms with Crippen LogP contribution in [0.3, 0.4) is 0 Å². The molecule has 1 N–H and O–H groups in total.